The summed E-state index contributed by atoms with van der Waals surface area (Å²) in [6, 6.07) is 18.9. The number of rotatable bonds is 8. The fourth-order valence-corrected chi connectivity index (χ4v) is 2.67. The largest absolute Gasteiger partial charge is 0.355 e. The normalized spacial score (nSPS) is 11.0. The van der Waals surface area contributed by atoms with Gasteiger partial charge in [0.1, 0.15) is 0 Å². The Morgan fingerprint density at radius 1 is 1.00 bits per heavy atom. The fourth-order valence-electron chi connectivity index (χ4n) is 2.67. The zero-order valence-electron chi connectivity index (χ0n) is 15.0. The molecule has 0 aliphatic rings. The Morgan fingerprint density at radius 2 is 1.67 bits per heavy atom. The van der Waals surface area contributed by atoms with Crippen molar-refractivity contribution < 1.29 is 4.79 Å². The van der Waals surface area contributed by atoms with E-state index in [-0.39, 0.29) is 5.91 Å². The first-order valence-corrected chi connectivity index (χ1v) is 8.62. The molecule has 0 spiro atoms. The Kier molecular flexibility index (Phi) is 7.01. The molecule has 1 amide bonds. The Labute approximate surface area is 145 Å². The topological polar surface area (TPSA) is 32.3 Å². The average Bonchev–Trinajstić information content (AvgIpc) is 2.56. The van der Waals surface area contributed by atoms with Crippen molar-refractivity contribution in [2.45, 2.75) is 32.7 Å². The van der Waals surface area contributed by atoms with Crippen LogP contribution < -0.4 is 5.32 Å². The molecular weight excluding hydrogens is 296 g/mol. The van der Waals surface area contributed by atoms with Gasteiger partial charge in [-0.25, -0.2) is 0 Å². The van der Waals surface area contributed by atoms with Crippen LogP contribution in [0.15, 0.2) is 54.6 Å². The lowest BCUT2D eigenvalue weighted by Crippen LogP contribution is -2.35. The summed E-state index contributed by atoms with van der Waals surface area (Å²) in [5, 5.41) is 2.99. The van der Waals surface area contributed by atoms with Gasteiger partial charge in [-0.2, -0.15) is 0 Å². The molecular formula is C21H28N2O. The van der Waals surface area contributed by atoms with E-state index in [1.807, 2.05) is 30.1 Å². The van der Waals surface area contributed by atoms with Crippen LogP contribution in [-0.4, -0.2) is 30.9 Å². The van der Waals surface area contributed by atoms with E-state index in [2.05, 4.69) is 55.6 Å². The van der Waals surface area contributed by atoms with Crippen molar-refractivity contribution in [1.29, 1.82) is 0 Å². The molecule has 0 fully saturated rings. The number of hydrogen-bond acceptors (Lipinski definition) is 2. The minimum Gasteiger partial charge on any atom is -0.355 e. The maximum absolute atomic E-state index is 12.0. The molecule has 2 rings (SSSR count). The van der Waals surface area contributed by atoms with E-state index in [1.165, 1.54) is 16.7 Å². The van der Waals surface area contributed by atoms with E-state index in [9.17, 15) is 4.79 Å². The summed E-state index contributed by atoms with van der Waals surface area (Å²) >= 11 is 0. The van der Waals surface area contributed by atoms with E-state index in [0.717, 1.165) is 13.0 Å². The second-order valence-corrected chi connectivity index (χ2v) is 6.65. The van der Waals surface area contributed by atoms with E-state index >= 15 is 0 Å². The standard InChI is InChI=1S/C21H28N2O/c1-17(2)20-11-9-19(10-12-20)15-23(3)16-21(24)22-14-13-18-7-5-4-6-8-18/h4-12,17H,13-16H2,1-3H3,(H,22,24). The van der Waals surface area contributed by atoms with Crippen molar-refractivity contribution >= 4 is 5.91 Å². The van der Waals surface area contributed by atoms with Crippen LogP contribution in [0.3, 0.4) is 0 Å². The summed E-state index contributed by atoms with van der Waals surface area (Å²) in [5.41, 5.74) is 3.83. The molecule has 0 saturated heterocycles. The third-order valence-corrected chi connectivity index (χ3v) is 4.09. The van der Waals surface area contributed by atoms with E-state index in [1.54, 1.807) is 0 Å². The smallest absolute Gasteiger partial charge is 0.234 e. The van der Waals surface area contributed by atoms with Crippen molar-refractivity contribution in [2.24, 2.45) is 0 Å². The molecule has 0 saturated carbocycles. The van der Waals surface area contributed by atoms with E-state index in [4.69, 9.17) is 0 Å². The van der Waals surface area contributed by atoms with Crippen LogP contribution in [0.1, 0.15) is 36.5 Å². The summed E-state index contributed by atoms with van der Waals surface area (Å²) in [6.07, 6.45) is 0.868. The molecule has 2 aromatic rings. The highest BCUT2D eigenvalue weighted by Crippen LogP contribution is 2.15. The third kappa shape index (κ3) is 6.17. The van der Waals surface area contributed by atoms with Crippen LogP contribution in [0.25, 0.3) is 0 Å². The third-order valence-electron chi connectivity index (χ3n) is 4.09. The van der Waals surface area contributed by atoms with Gasteiger partial charge in [-0.1, -0.05) is 68.4 Å². The Hall–Kier alpha value is -2.13. The lowest BCUT2D eigenvalue weighted by molar-refractivity contribution is -0.122. The van der Waals surface area contributed by atoms with Crippen molar-refractivity contribution in [3.8, 4) is 0 Å². The van der Waals surface area contributed by atoms with Gasteiger partial charge in [0.2, 0.25) is 5.91 Å². The van der Waals surface area contributed by atoms with Gasteiger partial charge in [-0.3, -0.25) is 9.69 Å². The highest BCUT2D eigenvalue weighted by Gasteiger charge is 2.07. The van der Waals surface area contributed by atoms with Gasteiger partial charge in [0, 0.05) is 13.1 Å². The SMILES string of the molecule is CC(C)c1ccc(CN(C)CC(=O)NCCc2ccccc2)cc1. The molecule has 128 valence electrons. The van der Waals surface area contributed by atoms with Crippen LogP contribution >= 0.6 is 0 Å². The number of benzene rings is 2. The second kappa shape index (κ2) is 9.24. The zero-order chi connectivity index (χ0) is 17.4. The van der Waals surface area contributed by atoms with Crippen LogP contribution in [0.4, 0.5) is 0 Å². The van der Waals surface area contributed by atoms with Gasteiger partial charge in [0.15, 0.2) is 0 Å². The zero-order valence-corrected chi connectivity index (χ0v) is 15.0. The van der Waals surface area contributed by atoms with Gasteiger partial charge in [-0.15, -0.1) is 0 Å². The summed E-state index contributed by atoms with van der Waals surface area (Å²) in [5.74, 6) is 0.624. The van der Waals surface area contributed by atoms with Crippen molar-refractivity contribution in [2.75, 3.05) is 20.1 Å². The quantitative estimate of drug-likeness (QED) is 0.804. The molecule has 3 heteroatoms. The molecule has 0 aliphatic heterocycles. The number of carbonyl (C=O) groups excluding carboxylic acids is 1. The molecule has 24 heavy (non-hydrogen) atoms. The van der Waals surface area contributed by atoms with Crippen molar-refractivity contribution in [3.05, 3.63) is 71.3 Å². The van der Waals surface area contributed by atoms with Crippen molar-refractivity contribution in [3.63, 3.8) is 0 Å². The molecule has 0 unspecified atom stereocenters. The van der Waals surface area contributed by atoms with Crippen LogP contribution in [0.2, 0.25) is 0 Å². The minimum atomic E-state index is 0.0761. The van der Waals surface area contributed by atoms with Crippen molar-refractivity contribution in [1.82, 2.24) is 10.2 Å². The molecule has 3 nitrogen and oxygen atoms in total. The summed E-state index contributed by atoms with van der Waals surface area (Å²) < 4.78 is 0. The molecule has 0 bridgehead atoms. The first-order chi connectivity index (χ1) is 11.5. The van der Waals surface area contributed by atoms with Gasteiger partial charge in [0.05, 0.1) is 6.54 Å². The monoisotopic (exact) mass is 324 g/mol. The predicted octanol–water partition coefficient (Wildman–Crippen LogP) is 3.60. The molecule has 1 N–H and O–H groups in total. The van der Waals surface area contributed by atoms with Crippen LogP contribution in [0, 0.1) is 0 Å². The number of carbonyl (C=O) groups is 1. The van der Waals surface area contributed by atoms with Gasteiger partial charge < -0.3 is 5.32 Å². The Morgan fingerprint density at radius 3 is 2.29 bits per heavy atom. The van der Waals surface area contributed by atoms with Crippen LogP contribution in [-0.2, 0) is 17.8 Å². The average molecular weight is 324 g/mol. The lowest BCUT2D eigenvalue weighted by Gasteiger charge is -2.17. The Balaban J connectivity index is 1.71. The molecule has 0 heterocycles. The Bertz CT molecular complexity index is 620. The fraction of sp³-hybridized carbons (Fsp3) is 0.381. The second-order valence-electron chi connectivity index (χ2n) is 6.65. The first kappa shape index (κ1) is 18.2. The summed E-state index contributed by atoms with van der Waals surface area (Å²) in [7, 11) is 1.98. The first-order valence-electron chi connectivity index (χ1n) is 8.62. The number of amides is 1. The molecule has 0 radical (unpaired) electrons. The minimum absolute atomic E-state index is 0.0761. The maximum atomic E-state index is 12.0. The number of nitrogens with zero attached hydrogens (tertiary/aromatic N) is 1. The van der Waals surface area contributed by atoms with Gasteiger partial charge in [-0.05, 0) is 36.1 Å². The number of likely N-dealkylation sites (N-methyl/N-ethyl adjacent to an activating group) is 1. The number of hydrogen-bond donors (Lipinski definition) is 1. The van der Waals surface area contributed by atoms with E-state index < -0.39 is 0 Å². The lowest BCUT2D eigenvalue weighted by atomic mass is 10.0. The highest BCUT2D eigenvalue weighted by atomic mass is 16.2. The van der Waals surface area contributed by atoms with Gasteiger partial charge in [0.25, 0.3) is 0 Å². The summed E-state index contributed by atoms with van der Waals surface area (Å²) in [4.78, 5) is 14.1. The predicted molar refractivity (Wildman–Crippen MR) is 100 cm³/mol. The highest BCUT2D eigenvalue weighted by molar-refractivity contribution is 5.77. The molecule has 0 aromatic heterocycles. The molecule has 2 aromatic carbocycles. The molecule has 0 aliphatic carbocycles. The van der Waals surface area contributed by atoms with Gasteiger partial charge >= 0.3 is 0 Å². The summed E-state index contributed by atoms with van der Waals surface area (Å²) in [6.45, 7) is 6.27. The number of nitrogens with one attached hydrogen (secondary N) is 1. The maximum Gasteiger partial charge on any atom is 0.234 e. The van der Waals surface area contributed by atoms with Crippen LogP contribution in [0.5, 0.6) is 0 Å². The van der Waals surface area contributed by atoms with E-state index in [0.29, 0.717) is 19.0 Å². The molecule has 0 atom stereocenters.